The average molecular weight is 269 g/mol. The highest BCUT2D eigenvalue weighted by Crippen LogP contribution is 2.32. The van der Waals surface area contributed by atoms with Gasteiger partial charge in [-0.25, -0.2) is 0 Å². The van der Waals surface area contributed by atoms with Gasteiger partial charge in [-0.2, -0.15) is 0 Å². The maximum Gasteiger partial charge on any atom is 0.240 e. The molecule has 0 aromatic heterocycles. The molecule has 2 rings (SSSR count). The number of hydrogen-bond donors (Lipinski definition) is 2. The quantitative estimate of drug-likeness (QED) is 0.874. The van der Waals surface area contributed by atoms with Crippen molar-refractivity contribution in [2.24, 2.45) is 5.73 Å². The lowest BCUT2D eigenvalue weighted by Gasteiger charge is -2.10. The van der Waals surface area contributed by atoms with Gasteiger partial charge >= 0.3 is 0 Å². The number of rotatable bonds is 3. The monoisotopic (exact) mass is 268 g/mol. The van der Waals surface area contributed by atoms with Crippen molar-refractivity contribution < 1.29 is 4.79 Å². The zero-order valence-electron chi connectivity index (χ0n) is 8.29. The third-order valence-electron chi connectivity index (χ3n) is 2.64. The third kappa shape index (κ3) is 2.38. The van der Waals surface area contributed by atoms with Gasteiger partial charge in [0, 0.05) is 11.0 Å². The molecule has 0 radical (unpaired) electrons. The molecule has 4 heteroatoms. The minimum Gasteiger partial charge on any atom is -0.350 e. The van der Waals surface area contributed by atoms with Crippen molar-refractivity contribution in [3.05, 3.63) is 34.3 Å². The van der Waals surface area contributed by atoms with Crippen LogP contribution in [0.2, 0.25) is 0 Å². The van der Waals surface area contributed by atoms with Crippen molar-refractivity contribution in [3.8, 4) is 0 Å². The molecule has 0 heterocycles. The predicted octanol–water partition coefficient (Wildman–Crippen LogP) is 1.56. The molecule has 0 saturated heterocycles. The number of benzene rings is 1. The Labute approximate surface area is 97.2 Å². The number of carbonyl (C=O) groups excluding carboxylic acids is 1. The molecule has 1 fully saturated rings. The van der Waals surface area contributed by atoms with Gasteiger partial charge in [-0.05, 0) is 24.5 Å². The third-order valence-corrected chi connectivity index (χ3v) is 3.41. The zero-order valence-corrected chi connectivity index (χ0v) is 9.88. The van der Waals surface area contributed by atoms with Crippen LogP contribution in [-0.2, 0) is 11.3 Å². The van der Waals surface area contributed by atoms with Gasteiger partial charge in [-0.1, -0.05) is 34.1 Å². The van der Waals surface area contributed by atoms with Gasteiger partial charge in [0.2, 0.25) is 5.91 Å². The van der Waals surface area contributed by atoms with Crippen LogP contribution in [0.3, 0.4) is 0 Å². The maximum absolute atomic E-state index is 11.6. The highest BCUT2D eigenvalue weighted by atomic mass is 79.9. The van der Waals surface area contributed by atoms with Crippen LogP contribution in [0.4, 0.5) is 0 Å². The first-order valence-corrected chi connectivity index (χ1v) is 5.72. The number of amides is 1. The second-order valence-electron chi connectivity index (χ2n) is 3.93. The first-order chi connectivity index (χ1) is 7.12. The van der Waals surface area contributed by atoms with E-state index in [1.807, 2.05) is 24.3 Å². The molecule has 3 N–H and O–H groups in total. The van der Waals surface area contributed by atoms with E-state index in [9.17, 15) is 4.79 Å². The molecule has 1 aromatic rings. The molecule has 15 heavy (non-hydrogen) atoms. The summed E-state index contributed by atoms with van der Waals surface area (Å²) in [6.07, 6.45) is 1.60. The summed E-state index contributed by atoms with van der Waals surface area (Å²) >= 11 is 3.43. The van der Waals surface area contributed by atoms with Crippen molar-refractivity contribution in [1.29, 1.82) is 0 Å². The van der Waals surface area contributed by atoms with Crippen LogP contribution < -0.4 is 11.1 Å². The summed E-state index contributed by atoms with van der Waals surface area (Å²) in [5.41, 5.74) is 6.25. The van der Waals surface area contributed by atoms with E-state index in [4.69, 9.17) is 5.73 Å². The largest absolute Gasteiger partial charge is 0.350 e. The van der Waals surface area contributed by atoms with Gasteiger partial charge in [0.15, 0.2) is 0 Å². The van der Waals surface area contributed by atoms with E-state index in [1.165, 1.54) is 0 Å². The zero-order chi connectivity index (χ0) is 10.9. The molecule has 0 aliphatic heterocycles. The summed E-state index contributed by atoms with van der Waals surface area (Å²) in [7, 11) is 0. The summed E-state index contributed by atoms with van der Waals surface area (Å²) in [5, 5.41) is 2.85. The summed E-state index contributed by atoms with van der Waals surface area (Å²) in [5.74, 6) is -0.0433. The Morgan fingerprint density at radius 1 is 1.47 bits per heavy atom. The van der Waals surface area contributed by atoms with Crippen LogP contribution in [0.1, 0.15) is 18.4 Å². The van der Waals surface area contributed by atoms with Gasteiger partial charge in [-0.15, -0.1) is 0 Å². The summed E-state index contributed by atoms with van der Waals surface area (Å²) in [6.45, 7) is 0.527. The van der Waals surface area contributed by atoms with E-state index < -0.39 is 5.54 Å². The molecule has 3 nitrogen and oxygen atoms in total. The van der Waals surface area contributed by atoms with Crippen molar-refractivity contribution in [3.63, 3.8) is 0 Å². The van der Waals surface area contributed by atoms with Gasteiger partial charge in [0.1, 0.15) is 0 Å². The summed E-state index contributed by atoms with van der Waals surface area (Å²) < 4.78 is 1.01. The summed E-state index contributed by atoms with van der Waals surface area (Å²) in [4.78, 5) is 11.6. The molecular weight excluding hydrogens is 256 g/mol. The molecule has 0 atom stereocenters. The Hall–Kier alpha value is -0.870. The Balaban J connectivity index is 1.93. The smallest absolute Gasteiger partial charge is 0.240 e. The summed E-state index contributed by atoms with van der Waals surface area (Å²) in [6, 6.07) is 7.82. The fraction of sp³-hybridized carbons (Fsp3) is 0.364. The number of hydrogen-bond acceptors (Lipinski definition) is 2. The highest BCUT2D eigenvalue weighted by molar-refractivity contribution is 9.10. The lowest BCUT2D eigenvalue weighted by molar-refractivity contribution is -0.123. The molecule has 0 unspecified atom stereocenters. The first kappa shape index (κ1) is 10.6. The van der Waals surface area contributed by atoms with Crippen molar-refractivity contribution in [1.82, 2.24) is 5.32 Å². The number of nitrogens with two attached hydrogens (primary N) is 1. The minimum absolute atomic E-state index is 0.0433. The first-order valence-electron chi connectivity index (χ1n) is 4.92. The highest BCUT2D eigenvalue weighted by Gasteiger charge is 2.45. The van der Waals surface area contributed by atoms with Gasteiger partial charge < -0.3 is 11.1 Å². The number of halogens is 1. The Morgan fingerprint density at radius 2 is 2.13 bits per heavy atom. The van der Waals surface area contributed by atoms with Crippen LogP contribution in [0.15, 0.2) is 28.7 Å². The second kappa shape index (κ2) is 3.94. The topological polar surface area (TPSA) is 55.1 Å². The lowest BCUT2D eigenvalue weighted by atomic mass is 10.2. The fourth-order valence-electron chi connectivity index (χ4n) is 1.36. The lowest BCUT2D eigenvalue weighted by Crippen LogP contribution is -2.42. The Morgan fingerprint density at radius 3 is 2.73 bits per heavy atom. The Bertz CT molecular complexity index is 388. The normalized spacial score (nSPS) is 17.2. The van der Waals surface area contributed by atoms with E-state index in [2.05, 4.69) is 21.2 Å². The van der Waals surface area contributed by atoms with Crippen molar-refractivity contribution in [2.75, 3.05) is 0 Å². The Kier molecular flexibility index (Phi) is 2.80. The molecule has 1 aliphatic rings. The molecule has 80 valence electrons. The van der Waals surface area contributed by atoms with E-state index in [0.717, 1.165) is 22.9 Å². The van der Waals surface area contributed by atoms with E-state index in [1.54, 1.807) is 0 Å². The van der Waals surface area contributed by atoms with Crippen LogP contribution in [0.25, 0.3) is 0 Å². The van der Waals surface area contributed by atoms with E-state index in [-0.39, 0.29) is 5.91 Å². The molecule has 0 spiro atoms. The van der Waals surface area contributed by atoms with Gasteiger partial charge in [-0.3, -0.25) is 4.79 Å². The molecular formula is C11H13BrN2O. The molecule has 1 amide bonds. The van der Waals surface area contributed by atoms with Crippen LogP contribution in [-0.4, -0.2) is 11.4 Å². The minimum atomic E-state index is -0.582. The van der Waals surface area contributed by atoms with Crippen LogP contribution >= 0.6 is 15.9 Å². The maximum atomic E-state index is 11.6. The molecule has 0 bridgehead atoms. The molecule has 1 saturated carbocycles. The SMILES string of the molecule is NC1(C(=O)NCc2ccccc2Br)CC1. The second-order valence-corrected chi connectivity index (χ2v) is 4.78. The predicted molar refractivity (Wildman–Crippen MR) is 62.1 cm³/mol. The number of nitrogens with one attached hydrogen (secondary N) is 1. The van der Waals surface area contributed by atoms with Gasteiger partial charge in [0.25, 0.3) is 0 Å². The van der Waals surface area contributed by atoms with Gasteiger partial charge in [0.05, 0.1) is 5.54 Å². The van der Waals surface area contributed by atoms with Crippen LogP contribution in [0, 0.1) is 0 Å². The van der Waals surface area contributed by atoms with Crippen molar-refractivity contribution in [2.45, 2.75) is 24.9 Å². The molecule has 1 aliphatic carbocycles. The molecule has 1 aromatic carbocycles. The van der Waals surface area contributed by atoms with E-state index >= 15 is 0 Å². The van der Waals surface area contributed by atoms with E-state index in [0.29, 0.717) is 6.54 Å². The fourth-order valence-corrected chi connectivity index (χ4v) is 1.78. The van der Waals surface area contributed by atoms with Crippen molar-refractivity contribution >= 4 is 21.8 Å². The standard InChI is InChI=1S/C11H13BrN2O/c12-9-4-2-1-3-8(9)7-14-10(15)11(13)5-6-11/h1-4H,5-7,13H2,(H,14,15). The number of carbonyl (C=O) groups is 1. The average Bonchev–Trinajstić information content (AvgIpc) is 2.96. The van der Waals surface area contributed by atoms with Crippen LogP contribution in [0.5, 0.6) is 0 Å².